The summed E-state index contributed by atoms with van der Waals surface area (Å²) >= 11 is 0. The summed E-state index contributed by atoms with van der Waals surface area (Å²) in [6.45, 7) is 12.1. The topological polar surface area (TPSA) is 3.24 Å². The van der Waals surface area contributed by atoms with Crippen molar-refractivity contribution in [3.63, 3.8) is 0 Å². The first-order chi connectivity index (χ1) is 6.09. The molecular formula is C12H23N. The van der Waals surface area contributed by atoms with Crippen LogP contribution in [0.4, 0.5) is 0 Å². The third-order valence-corrected chi connectivity index (χ3v) is 3.87. The number of rotatable bonds is 3. The maximum Gasteiger partial charge on any atom is 0.00388 e. The van der Waals surface area contributed by atoms with Crippen molar-refractivity contribution in [1.82, 2.24) is 4.90 Å². The van der Waals surface area contributed by atoms with Gasteiger partial charge in [-0.25, -0.2) is 0 Å². The lowest BCUT2D eigenvalue weighted by molar-refractivity contribution is 0.228. The monoisotopic (exact) mass is 181 g/mol. The molecule has 0 N–H and O–H groups in total. The quantitative estimate of drug-likeness (QED) is 0.647. The lowest BCUT2D eigenvalue weighted by Crippen LogP contribution is -2.31. The first-order valence-corrected chi connectivity index (χ1v) is 5.83. The van der Waals surface area contributed by atoms with Gasteiger partial charge in [0, 0.05) is 19.1 Å². The molecule has 0 bridgehead atoms. The maximum atomic E-state index is 2.64. The highest BCUT2D eigenvalue weighted by Crippen LogP contribution is 2.54. The van der Waals surface area contributed by atoms with Crippen LogP contribution >= 0.6 is 0 Å². The van der Waals surface area contributed by atoms with Crippen molar-refractivity contribution in [1.29, 1.82) is 0 Å². The summed E-state index contributed by atoms with van der Waals surface area (Å²) in [5, 5.41) is 0. The first kappa shape index (κ1) is 9.51. The molecule has 2 fully saturated rings. The molecule has 0 aromatic rings. The van der Waals surface area contributed by atoms with Crippen LogP contribution in [-0.2, 0) is 0 Å². The molecule has 1 unspecified atom stereocenters. The van der Waals surface area contributed by atoms with E-state index < -0.39 is 0 Å². The van der Waals surface area contributed by atoms with Gasteiger partial charge in [-0.2, -0.15) is 0 Å². The van der Waals surface area contributed by atoms with Gasteiger partial charge in [-0.1, -0.05) is 13.8 Å². The fourth-order valence-corrected chi connectivity index (χ4v) is 3.00. The van der Waals surface area contributed by atoms with Crippen LogP contribution in [0.2, 0.25) is 0 Å². The Hall–Kier alpha value is -0.0400. The average Bonchev–Trinajstić information content (AvgIpc) is 2.51. The van der Waals surface area contributed by atoms with Crippen molar-refractivity contribution >= 4 is 0 Å². The highest BCUT2D eigenvalue weighted by Gasteiger charge is 2.55. The molecule has 1 saturated heterocycles. The summed E-state index contributed by atoms with van der Waals surface area (Å²) in [5.74, 6) is 4.15. The van der Waals surface area contributed by atoms with Gasteiger partial charge in [0.2, 0.25) is 0 Å². The Morgan fingerprint density at radius 2 is 1.62 bits per heavy atom. The number of hydrogen-bond acceptors (Lipinski definition) is 1. The molecule has 1 heteroatoms. The summed E-state index contributed by atoms with van der Waals surface area (Å²) in [5.41, 5.74) is 0. The third kappa shape index (κ3) is 1.76. The van der Waals surface area contributed by atoms with Gasteiger partial charge in [-0.3, -0.25) is 0 Å². The molecule has 0 aromatic carbocycles. The molecule has 76 valence electrons. The zero-order chi connectivity index (χ0) is 9.59. The van der Waals surface area contributed by atoms with Crippen molar-refractivity contribution < 1.29 is 0 Å². The van der Waals surface area contributed by atoms with E-state index in [2.05, 4.69) is 32.6 Å². The van der Waals surface area contributed by atoms with E-state index in [4.69, 9.17) is 0 Å². The minimum Gasteiger partial charge on any atom is -0.300 e. The van der Waals surface area contributed by atoms with E-state index in [0.717, 1.165) is 29.7 Å². The summed E-state index contributed by atoms with van der Waals surface area (Å²) in [6, 6.07) is 0.771. The standard InChI is InChI=1S/C12H23N/c1-8(2)5-10-11-6-13(9(3)4)7-12(10)11/h8-12H,5-7H2,1-4H3/t10?,11-,12+. The Morgan fingerprint density at radius 3 is 2.00 bits per heavy atom. The van der Waals surface area contributed by atoms with E-state index in [0.29, 0.717) is 0 Å². The average molecular weight is 181 g/mol. The molecule has 0 radical (unpaired) electrons. The Labute approximate surface area is 82.5 Å². The second-order valence-corrected chi connectivity index (χ2v) is 5.67. The van der Waals surface area contributed by atoms with Crippen LogP contribution in [-0.4, -0.2) is 24.0 Å². The van der Waals surface area contributed by atoms with E-state index in [1.54, 1.807) is 0 Å². The zero-order valence-electron chi connectivity index (χ0n) is 9.46. The molecule has 1 nitrogen and oxygen atoms in total. The molecule has 1 heterocycles. The van der Waals surface area contributed by atoms with Gasteiger partial charge < -0.3 is 4.90 Å². The van der Waals surface area contributed by atoms with Gasteiger partial charge in [-0.15, -0.1) is 0 Å². The van der Waals surface area contributed by atoms with E-state index in [1.165, 1.54) is 19.5 Å². The minimum absolute atomic E-state index is 0.771. The van der Waals surface area contributed by atoms with E-state index in [-0.39, 0.29) is 0 Å². The summed E-state index contributed by atoms with van der Waals surface area (Å²) in [7, 11) is 0. The number of piperidine rings is 1. The molecule has 3 atom stereocenters. The summed E-state index contributed by atoms with van der Waals surface area (Å²) in [4.78, 5) is 2.64. The SMILES string of the molecule is CC(C)CC1[C@H]2CN(C(C)C)C[C@@H]12. The van der Waals surface area contributed by atoms with Crippen LogP contribution in [0.15, 0.2) is 0 Å². The number of nitrogens with zero attached hydrogens (tertiary/aromatic N) is 1. The molecule has 0 spiro atoms. The molecule has 1 aliphatic carbocycles. The second kappa shape index (κ2) is 3.27. The molecule has 1 aliphatic heterocycles. The highest BCUT2D eigenvalue weighted by atomic mass is 15.2. The van der Waals surface area contributed by atoms with Crippen molar-refractivity contribution in [2.75, 3.05) is 13.1 Å². The van der Waals surface area contributed by atoms with Crippen LogP contribution < -0.4 is 0 Å². The van der Waals surface area contributed by atoms with Gasteiger partial charge >= 0.3 is 0 Å². The van der Waals surface area contributed by atoms with Gasteiger partial charge in [0.1, 0.15) is 0 Å². The zero-order valence-corrected chi connectivity index (χ0v) is 9.46. The van der Waals surface area contributed by atoms with Crippen LogP contribution in [0.5, 0.6) is 0 Å². The fourth-order valence-electron chi connectivity index (χ4n) is 3.00. The Morgan fingerprint density at radius 1 is 1.08 bits per heavy atom. The van der Waals surface area contributed by atoms with Crippen LogP contribution in [0.3, 0.4) is 0 Å². The van der Waals surface area contributed by atoms with Crippen molar-refractivity contribution in [2.24, 2.45) is 23.7 Å². The normalized spacial score (nSPS) is 38.8. The Balaban J connectivity index is 1.77. The highest BCUT2D eigenvalue weighted by molar-refractivity contribution is 5.05. The first-order valence-electron chi connectivity index (χ1n) is 5.83. The molecule has 0 amide bonds. The van der Waals surface area contributed by atoms with Crippen molar-refractivity contribution in [2.45, 2.75) is 40.2 Å². The molecule has 0 aromatic heterocycles. The van der Waals surface area contributed by atoms with E-state index in [1.807, 2.05) is 0 Å². The van der Waals surface area contributed by atoms with Crippen molar-refractivity contribution in [3.8, 4) is 0 Å². The van der Waals surface area contributed by atoms with Crippen molar-refractivity contribution in [3.05, 3.63) is 0 Å². The molecule has 2 aliphatic rings. The molecule has 13 heavy (non-hydrogen) atoms. The smallest absolute Gasteiger partial charge is 0.00388 e. The number of likely N-dealkylation sites (tertiary alicyclic amines) is 1. The van der Waals surface area contributed by atoms with Crippen LogP contribution in [0, 0.1) is 23.7 Å². The van der Waals surface area contributed by atoms with Gasteiger partial charge in [-0.05, 0) is 43.9 Å². The van der Waals surface area contributed by atoms with Gasteiger partial charge in [0.05, 0.1) is 0 Å². The summed E-state index contributed by atoms with van der Waals surface area (Å²) < 4.78 is 0. The van der Waals surface area contributed by atoms with Crippen LogP contribution in [0.1, 0.15) is 34.1 Å². The van der Waals surface area contributed by atoms with Gasteiger partial charge in [0.15, 0.2) is 0 Å². The number of hydrogen-bond donors (Lipinski definition) is 0. The third-order valence-electron chi connectivity index (χ3n) is 3.87. The maximum absolute atomic E-state index is 2.64. The van der Waals surface area contributed by atoms with Crippen LogP contribution in [0.25, 0.3) is 0 Å². The summed E-state index contributed by atoms with van der Waals surface area (Å²) in [6.07, 6.45) is 1.47. The predicted molar refractivity (Wildman–Crippen MR) is 56.6 cm³/mol. The number of fused-ring (bicyclic) bond motifs is 1. The van der Waals surface area contributed by atoms with Gasteiger partial charge in [0.25, 0.3) is 0 Å². The molecule has 2 rings (SSSR count). The minimum atomic E-state index is 0.771. The predicted octanol–water partition coefficient (Wildman–Crippen LogP) is 2.62. The lowest BCUT2D eigenvalue weighted by Gasteiger charge is -2.23. The molecule has 1 saturated carbocycles. The fraction of sp³-hybridized carbons (Fsp3) is 1.00. The van der Waals surface area contributed by atoms with E-state index in [9.17, 15) is 0 Å². The largest absolute Gasteiger partial charge is 0.300 e. The Kier molecular flexibility index (Phi) is 2.39. The lowest BCUT2D eigenvalue weighted by atomic mass is 10.0. The second-order valence-electron chi connectivity index (χ2n) is 5.67. The Bertz CT molecular complexity index is 174. The van der Waals surface area contributed by atoms with E-state index >= 15 is 0 Å². The molecular weight excluding hydrogens is 158 g/mol.